The molecule has 4 nitrogen and oxygen atoms in total. The van der Waals surface area contributed by atoms with E-state index in [1.165, 1.54) is 0 Å². The van der Waals surface area contributed by atoms with Gasteiger partial charge in [-0.1, -0.05) is 24.3 Å². The normalized spacial score (nSPS) is 10.4. The number of unbranched alkanes of at least 4 members (excludes halogenated alkanes) is 1. The number of pyridine rings is 1. The summed E-state index contributed by atoms with van der Waals surface area (Å²) in [5.74, 6) is 1.62. The fourth-order valence-electron chi connectivity index (χ4n) is 2.55. The van der Waals surface area contributed by atoms with Gasteiger partial charge in [0.2, 0.25) is 0 Å². The molecule has 0 saturated carbocycles. The first kappa shape index (κ1) is 16.8. The molecular formula is C21H20N2O2. The van der Waals surface area contributed by atoms with E-state index >= 15 is 0 Å². The van der Waals surface area contributed by atoms with E-state index in [1.807, 2.05) is 55.5 Å². The highest BCUT2D eigenvalue weighted by molar-refractivity contribution is 5.78. The average molecular weight is 332 g/mol. The maximum absolute atomic E-state index is 8.54. The van der Waals surface area contributed by atoms with Crippen molar-refractivity contribution in [3.8, 4) is 17.6 Å². The van der Waals surface area contributed by atoms with Crippen LogP contribution in [0.2, 0.25) is 0 Å². The van der Waals surface area contributed by atoms with Gasteiger partial charge in [0.15, 0.2) is 0 Å². The van der Waals surface area contributed by atoms with Gasteiger partial charge in [0.1, 0.15) is 18.1 Å². The van der Waals surface area contributed by atoms with Crippen molar-refractivity contribution in [2.45, 2.75) is 26.4 Å². The molecule has 1 heterocycles. The minimum Gasteiger partial charge on any atom is -0.493 e. The Morgan fingerprint density at radius 1 is 1.04 bits per heavy atom. The highest BCUT2D eigenvalue weighted by Gasteiger charge is 2.04. The van der Waals surface area contributed by atoms with Crippen LogP contribution in [0.15, 0.2) is 54.6 Å². The number of nitriles is 1. The predicted octanol–water partition coefficient (Wildman–Crippen LogP) is 4.80. The first-order valence-electron chi connectivity index (χ1n) is 8.34. The van der Waals surface area contributed by atoms with Gasteiger partial charge in [-0.15, -0.1) is 0 Å². The highest BCUT2D eigenvalue weighted by atomic mass is 16.5. The number of aryl methyl sites for hydroxylation is 1. The van der Waals surface area contributed by atoms with Crippen molar-refractivity contribution in [3.05, 3.63) is 65.9 Å². The lowest BCUT2D eigenvalue weighted by molar-refractivity contribution is 0.296. The van der Waals surface area contributed by atoms with Crippen molar-refractivity contribution in [1.82, 2.24) is 4.98 Å². The maximum atomic E-state index is 8.54. The van der Waals surface area contributed by atoms with Crippen LogP contribution in [0.3, 0.4) is 0 Å². The summed E-state index contributed by atoms with van der Waals surface area (Å²) in [5, 5.41) is 9.66. The zero-order valence-corrected chi connectivity index (χ0v) is 14.2. The quantitative estimate of drug-likeness (QED) is 0.583. The van der Waals surface area contributed by atoms with E-state index in [1.54, 1.807) is 0 Å². The smallest absolute Gasteiger partial charge is 0.130 e. The van der Waals surface area contributed by atoms with Gasteiger partial charge >= 0.3 is 0 Å². The van der Waals surface area contributed by atoms with Crippen molar-refractivity contribution in [2.75, 3.05) is 6.61 Å². The number of para-hydroxylation sites is 1. The van der Waals surface area contributed by atoms with Crippen molar-refractivity contribution in [2.24, 2.45) is 0 Å². The zero-order chi connectivity index (χ0) is 17.5. The van der Waals surface area contributed by atoms with Crippen LogP contribution in [0.1, 0.15) is 24.1 Å². The SMILES string of the molecule is Cc1cc(OCc2ccc3ccccc3n2)ccc1OCCCC#N. The van der Waals surface area contributed by atoms with Crippen LogP contribution in [0.4, 0.5) is 0 Å². The number of nitrogens with zero attached hydrogens (tertiary/aromatic N) is 2. The minimum atomic E-state index is 0.423. The van der Waals surface area contributed by atoms with Crippen LogP contribution in [0.5, 0.6) is 11.5 Å². The molecule has 0 atom stereocenters. The van der Waals surface area contributed by atoms with Gasteiger partial charge in [0, 0.05) is 11.8 Å². The topological polar surface area (TPSA) is 55.1 Å². The lowest BCUT2D eigenvalue weighted by Gasteiger charge is -2.11. The second-order valence-electron chi connectivity index (χ2n) is 5.82. The van der Waals surface area contributed by atoms with Crippen LogP contribution in [-0.2, 0) is 6.61 Å². The fraction of sp³-hybridized carbons (Fsp3) is 0.238. The zero-order valence-electron chi connectivity index (χ0n) is 14.2. The van der Waals surface area contributed by atoms with Gasteiger partial charge < -0.3 is 9.47 Å². The standard InChI is InChI=1S/C21H20N2O2/c1-16-14-19(10-11-21(16)24-13-5-4-12-22)25-15-18-9-8-17-6-2-3-7-20(17)23-18/h2-3,6-11,14H,4-5,13,15H2,1H3. The number of rotatable bonds is 7. The number of fused-ring (bicyclic) bond motifs is 1. The molecule has 0 fully saturated rings. The molecular weight excluding hydrogens is 312 g/mol. The van der Waals surface area contributed by atoms with Crippen molar-refractivity contribution < 1.29 is 9.47 Å². The second-order valence-corrected chi connectivity index (χ2v) is 5.82. The molecule has 126 valence electrons. The van der Waals surface area contributed by atoms with E-state index in [0.29, 0.717) is 19.6 Å². The fourth-order valence-corrected chi connectivity index (χ4v) is 2.55. The summed E-state index contributed by atoms with van der Waals surface area (Å²) < 4.78 is 11.5. The van der Waals surface area contributed by atoms with Crippen molar-refractivity contribution in [1.29, 1.82) is 5.26 Å². The van der Waals surface area contributed by atoms with Gasteiger partial charge in [-0.3, -0.25) is 0 Å². The molecule has 0 radical (unpaired) electrons. The third-order valence-electron chi connectivity index (χ3n) is 3.88. The Hall–Kier alpha value is -3.06. The molecule has 0 saturated heterocycles. The number of ether oxygens (including phenoxy) is 2. The van der Waals surface area contributed by atoms with E-state index in [0.717, 1.165) is 40.1 Å². The van der Waals surface area contributed by atoms with Crippen LogP contribution >= 0.6 is 0 Å². The summed E-state index contributed by atoms with van der Waals surface area (Å²) in [6.45, 7) is 2.96. The Kier molecular flexibility index (Phi) is 5.48. The van der Waals surface area contributed by atoms with E-state index in [9.17, 15) is 0 Å². The molecule has 3 aromatic rings. The Labute approximate surface area is 147 Å². The van der Waals surface area contributed by atoms with E-state index < -0.39 is 0 Å². The first-order valence-corrected chi connectivity index (χ1v) is 8.34. The molecule has 0 amide bonds. The van der Waals surface area contributed by atoms with E-state index in [4.69, 9.17) is 14.7 Å². The third-order valence-corrected chi connectivity index (χ3v) is 3.88. The predicted molar refractivity (Wildman–Crippen MR) is 97.6 cm³/mol. The number of hydrogen-bond acceptors (Lipinski definition) is 4. The minimum absolute atomic E-state index is 0.423. The number of hydrogen-bond donors (Lipinski definition) is 0. The average Bonchev–Trinajstić information content (AvgIpc) is 2.64. The summed E-state index contributed by atoms with van der Waals surface area (Å²) in [5.41, 5.74) is 2.88. The molecule has 4 heteroatoms. The summed E-state index contributed by atoms with van der Waals surface area (Å²) >= 11 is 0. The second kappa shape index (κ2) is 8.16. The summed E-state index contributed by atoms with van der Waals surface area (Å²) in [4.78, 5) is 4.61. The Morgan fingerprint density at radius 3 is 2.76 bits per heavy atom. The van der Waals surface area contributed by atoms with Gasteiger partial charge in [-0.25, -0.2) is 4.98 Å². The molecule has 0 aliphatic rings. The Morgan fingerprint density at radius 2 is 1.92 bits per heavy atom. The van der Waals surface area contributed by atoms with Crippen molar-refractivity contribution >= 4 is 10.9 Å². The van der Waals surface area contributed by atoms with E-state index in [2.05, 4.69) is 17.1 Å². The molecule has 25 heavy (non-hydrogen) atoms. The van der Waals surface area contributed by atoms with Crippen LogP contribution in [0.25, 0.3) is 10.9 Å². The van der Waals surface area contributed by atoms with Gasteiger partial charge in [0.25, 0.3) is 0 Å². The molecule has 2 aromatic carbocycles. The van der Waals surface area contributed by atoms with Crippen LogP contribution < -0.4 is 9.47 Å². The van der Waals surface area contributed by atoms with E-state index in [-0.39, 0.29) is 0 Å². The van der Waals surface area contributed by atoms with Gasteiger partial charge in [0.05, 0.1) is 23.9 Å². The van der Waals surface area contributed by atoms with Gasteiger partial charge in [-0.05, 0) is 49.2 Å². The van der Waals surface area contributed by atoms with Crippen LogP contribution in [0, 0.1) is 18.3 Å². The monoisotopic (exact) mass is 332 g/mol. The lowest BCUT2D eigenvalue weighted by atomic mass is 10.2. The molecule has 0 spiro atoms. The first-order chi connectivity index (χ1) is 12.3. The summed E-state index contributed by atoms with van der Waals surface area (Å²) in [7, 11) is 0. The van der Waals surface area contributed by atoms with Crippen molar-refractivity contribution in [3.63, 3.8) is 0 Å². The number of benzene rings is 2. The largest absolute Gasteiger partial charge is 0.493 e. The third kappa shape index (κ3) is 4.48. The Balaban J connectivity index is 1.60. The maximum Gasteiger partial charge on any atom is 0.130 e. The molecule has 0 unspecified atom stereocenters. The Bertz CT molecular complexity index is 900. The molecule has 0 N–H and O–H groups in total. The molecule has 3 rings (SSSR count). The highest BCUT2D eigenvalue weighted by Crippen LogP contribution is 2.24. The van der Waals surface area contributed by atoms with Gasteiger partial charge in [-0.2, -0.15) is 5.26 Å². The molecule has 0 aliphatic heterocycles. The number of aromatic nitrogens is 1. The summed E-state index contributed by atoms with van der Waals surface area (Å²) in [6, 6.07) is 20.0. The molecule has 0 bridgehead atoms. The lowest BCUT2D eigenvalue weighted by Crippen LogP contribution is -2.01. The molecule has 1 aromatic heterocycles. The van der Waals surface area contributed by atoms with Crippen LogP contribution in [-0.4, -0.2) is 11.6 Å². The summed E-state index contributed by atoms with van der Waals surface area (Å²) in [6.07, 6.45) is 1.25. The molecule has 0 aliphatic carbocycles.